The van der Waals surface area contributed by atoms with Gasteiger partial charge in [0.15, 0.2) is 0 Å². The van der Waals surface area contributed by atoms with Crippen LogP contribution in [0.5, 0.6) is 0 Å². The fourth-order valence-corrected chi connectivity index (χ4v) is 3.52. The second-order valence-electron chi connectivity index (χ2n) is 6.69. The zero-order valence-corrected chi connectivity index (χ0v) is 13.3. The van der Waals surface area contributed by atoms with Crippen LogP contribution in [0.15, 0.2) is 5.38 Å². The second-order valence-corrected chi connectivity index (χ2v) is 7.55. The summed E-state index contributed by atoms with van der Waals surface area (Å²) in [4.78, 5) is 7.32. The summed E-state index contributed by atoms with van der Waals surface area (Å²) in [5, 5.41) is 3.48. The zero-order valence-electron chi connectivity index (χ0n) is 12.5. The van der Waals surface area contributed by atoms with Gasteiger partial charge in [-0.15, -0.1) is 11.3 Å². The highest BCUT2D eigenvalue weighted by Gasteiger charge is 2.21. The molecule has 0 aliphatic carbocycles. The first kappa shape index (κ1) is 14.9. The molecular formula is C15H27N3S. The van der Waals surface area contributed by atoms with Gasteiger partial charge in [-0.25, -0.2) is 4.98 Å². The maximum Gasteiger partial charge on any atom is 0.0982 e. The van der Waals surface area contributed by atoms with Gasteiger partial charge in [0.05, 0.1) is 10.7 Å². The van der Waals surface area contributed by atoms with E-state index in [1.165, 1.54) is 43.1 Å². The van der Waals surface area contributed by atoms with Crippen molar-refractivity contribution in [1.82, 2.24) is 9.88 Å². The Bertz CT molecular complexity index is 386. The van der Waals surface area contributed by atoms with Crippen molar-refractivity contribution in [2.75, 3.05) is 19.6 Å². The average Bonchev–Trinajstić information content (AvgIpc) is 2.80. The fraction of sp³-hybridized carbons (Fsp3) is 0.800. The quantitative estimate of drug-likeness (QED) is 0.922. The molecule has 0 radical (unpaired) electrons. The van der Waals surface area contributed by atoms with Gasteiger partial charge < -0.3 is 5.73 Å². The molecule has 108 valence electrons. The van der Waals surface area contributed by atoms with Crippen LogP contribution in [-0.4, -0.2) is 29.5 Å². The molecule has 1 aliphatic heterocycles. The Hall–Kier alpha value is -0.450. The maximum absolute atomic E-state index is 5.64. The Labute approximate surface area is 121 Å². The predicted molar refractivity (Wildman–Crippen MR) is 82.5 cm³/mol. The summed E-state index contributed by atoms with van der Waals surface area (Å²) in [6.07, 6.45) is 3.79. The molecule has 1 fully saturated rings. The molecule has 1 aliphatic rings. The van der Waals surface area contributed by atoms with Crippen molar-refractivity contribution < 1.29 is 0 Å². The molecule has 0 amide bonds. The van der Waals surface area contributed by atoms with Gasteiger partial charge in [-0.3, -0.25) is 4.90 Å². The molecule has 2 rings (SSSR count). The maximum atomic E-state index is 5.64. The minimum atomic E-state index is 0.178. The van der Waals surface area contributed by atoms with Crippen LogP contribution in [0.3, 0.4) is 0 Å². The number of piperidine rings is 1. The lowest BCUT2D eigenvalue weighted by atomic mass is 9.93. The van der Waals surface area contributed by atoms with Crippen LogP contribution in [0, 0.1) is 5.92 Å². The van der Waals surface area contributed by atoms with Gasteiger partial charge in [0.2, 0.25) is 0 Å². The third kappa shape index (κ3) is 4.26. The van der Waals surface area contributed by atoms with E-state index in [-0.39, 0.29) is 5.41 Å². The van der Waals surface area contributed by atoms with Crippen molar-refractivity contribution in [3.8, 4) is 0 Å². The van der Waals surface area contributed by atoms with Crippen LogP contribution in [0.1, 0.15) is 50.7 Å². The largest absolute Gasteiger partial charge is 0.330 e. The molecule has 1 saturated heterocycles. The molecule has 0 aromatic carbocycles. The van der Waals surface area contributed by atoms with Crippen molar-refractivity contribution in [2.24, 2.45) is 11.7 Å². The van der Waals surface area contributed by atoms with Crippen LogP contribution < -0.4 is 5.73 Å². The minimum absolute atomic E-state index is 0.178. The Balaban J connectivity index is 1.84. The van der Waals surface area contributed by atoms with Crippen molar-refractivity contribution in [2.45, 2.75) is 52.0 Å². The molecule has 0 bridgehead atoms. The fourth-order valence-electron chi connectivity index (χ4n) is 2.62. The summed E-state index contributed by atoms with van der Waals surface area (Å²) < 4.78 is 0. The number of rotatable bonds is 4. The smallest absolute Gasteiger partial charge is 0.0982 e. The molecule has 0 unspecified atom stereocenters. The molecule has 0 spiro atoms. The second kappa shape index (κ2) is 6.33. The molecule has 0 saturated carbocycles. The summed E-state index contributed by atoms with van der Waals surface area (Å²) in [5.74, 6) is 0.849. The molecule has 1 aromatic rings. The number of thiazole rings is 1. The van der Waals surface area contributed by atoms with Gasteiger partial charge in [0.1, 0.15) is 0 Å². The van der Waals surface area contributed by atoms with E-state index in [1.54, 1.807) is 11.3 Å². The predicted octanol–water partition coefficient (Wildman–Crippen LogP) is 3.00. The third-order valence-corrected chi connectivity index (χ3v) is 5.18. The zero-order chi connectivity index (χ0) is 13.9. The lowest BCUT2D eigenvalue weighted by Crippen LogP contribution is -2.34. The summed E-state index contributed by atoms with van der Waals surface area (Å²) >= 11 is 1.80. The molecular weight excluding hydrogens is 254 g/mol. The Morgan fingerprint density at radius 1 is 1.37 bits per heavy atom. The number of nitrogens with two attached hydrogens (primary N) is 1. The van der Waals surface area contributed by atoms with Crippen LogP contribution in [-0.2, 0) is 12.0 Å². The molecule has 3 nitrogen and oxygen atoms in total. The van der Waals surface area contributed by atoms with Crippen molar-refractivity contribution in [3.63, 3.8) is 0 Å². The summed E-state index contributed by atoms with van der Waals surface area (Å²) in [6.45, 7) is 10.9. The van der Waals surface area contributed by atoms with Crippen molar-refractivity contribution in [3.05, 3.63) is 16.1 Å². The van der Waals surface area contributed by atoms with E-state index in [0.717, 1.165) is 19.0 Å². The van der Waals surface area contributed by atoms with E-state index < -0.39 is 0 Å². The van der Waals surface area contributed by atoms with E-state index in [0.29, 0.717) is 0 Å². The average molecular weight is 281 g/mol. The number of hydrogen-bond acceptors (Lipinski definition) is 4. The molecule has 1 aromatic heterocycles. The van der Waals surface area contributed by atoms with Crippen LogP contribution in [0.2, 0.25) is 0 Å². The van der Waals surface area contributed by atoms with Gasteiger partial charge >= 0.3 is 0 Å². The van der Waals surface area contributed by atoms with Crippen LogP contribution in [0.4, 0.5) is 0 Å². The normalized spacial score (nSPS) is 18.9. The standard InChI is InChI=1S/C15H27N3S/c1-15(2,3)14-17-13(11-19-14)10-18-8-5-12(4-7-16)6-9-18/h11-12H,4-10,16H2,1-3H3. The summed E-state index contributed by atoms with van der Waals surface area (Å²) in [7, 11) is 0. The molecule has 2 N–H and O–H groups in total. The van der Waals surface area contributed by atoms with Gasteiger partial charge in [-0.1, -0.05) is 20.8 Å². The minimum Gasteiger partial charge on any atom is -0.330 e. The van der Waals surface area contributed by atoms with Gasteiger partial charge in [0.25, 0.3) is 0 Å². The van der Waals surface area contributed by atoms with E-state index in [4.69, 9.17) is 10.7 Å². The number of hydrogen-bond donors (Lipinski definition) is 1. The number of nitrogens with zero attached hydrogens (tertiary/aromatic N) is 2. The van der Waals surface area contributed by atoms with Crippen LogP contribution >= 0.6 is 11.3 Å². The lowest BCUT2D eigenvalue weighted by Gasteiger charge is -2.31. The highest BCUT2D eigenvalue weighted by Crippen LogP contribution is 2.27. The van der Waals surface area contributed by atoms with Crippen molar-refractivity contribution >= 4 is 11.3 Å². The highest BCUT2D eigenvalue weighted by molar-refractivity contribution is 7.09. The third-order valence-electron chi connectivity index (χ3n) is 3.86. The first-order valence-corrected chi connectivity index (χ1v) is 8.24. The van der Waals surface area contributed by atoms with E-state index in [2.05, 4.69) is 31.1 Å². The molecule has 19 heavy (non-hydrogen) atoms. The lowest BCUT2D eigenvalue weighted by molar-refractivity contribution is 0.172. The molecule has 0 atom stereocenters. The Morgan fingerprint density at radius 3 is 2.58 bits per heavy atom. The van der Waals surface area contributed by atoms with E-state index in [1.807, 2.05) is 0 Å². The number of aromatic nitrogens is 1. The SMILES string of the molecule is CC(C)(C)c1nc(CN2CCC(CCN)CC2)cs1. The first-order chi connectivity index (χ1) is 8.99. The molecule has 2 heterocycles. The van der Waals surface area contributed by atoms with Gasteiger partial charge in [-0.2, -0.15) is 0 Å². The first-order valence-electron chi connectivity index (χ1n) is 7.36. The topological polar surface area (TPSA) is 42.2 Å². The summed E-state index contributed by atoms with van der Waals surface area (Å²) in [5.41, 5.74) is 7.06. The van der Waals surface area contributed by atoms with Crippen molar-refractivity contribution in [1.29, 1.82) is 0 Å². The van der Waals surface area contributed by atoms with E-state index in [9.17, 15) is 0 Å². The van der Waals surface area contributed by atoms with Crippen LogP contribution in [0.25, 0.3) is 0 Å². The van der Waals surface area contributed by atoms with Gasteiger partial charge in [0, 0.05) is 17.3 Å². The Kier molecular flexibility index (Phi) is 4.98. The van der Waals surface area contributed by atoms with Gasteiger partial charge in [-0.05, 0) is 44.8 Å². The highest BCUT2D eigenvalue weighted by atomic mass is 32.1. The Morgan fingerprint density at radius 2 is 2.05 bits per heavy atom. The van der Waals surface area contributed by atoms with E-state index >= 15 is 0 Å². The monoisotopic (exact) mass is 281 g/mol. The molecule has 4 heteroatoms. The summed E-state index contributed by atoms with van der Waals surface area (Å²) in [6, 6.07) is 0. The number of likely N-dealkylation sites (tertiary alicyclic amines) is 1.